The fraction of sp³-hybridized carbons (Fsp3) is 0.500. The lowest BCUT2D eigenvalue weighted by Crippen LogP contribution is -2.49. The van der Waals surface area contributed by atoms with Gasteiger partial charge in [0.25, 0.3) is 5.91 Å². The van der Waals surface area contributed by atoms with Gasteiger partial charge in [-0.1, -0.05) is 36.7 Å². The summed E-state index contributed by atoms with van der Waals surface area (Å²) in [5.74, 6) is -0.212. The molecule has 2 aliphatic carbocycles. The Morgan fingerprint density at radius 3 is 2.76 bits per heavy atom. The Bertz CT molecular complexity index is 2000. The van der Waals surface area contributed by atoms with Gasteiger partial charge in [0.2, 0.25) is 0 Å². The number of carbonyl (C=O) groups is 2. The van der Waals surface area contributed by atoms with Crippen molar-refractivity contribution in [2.75, 3.05) is 37.5 Å². The van der Waals surface area contributed by atoms with Crippen LogP contribution in [0.2, 0.25) is 5.02 Å². The summed E-state index contributed by atoms with van der Waals surface area (Å²) < 4.78 is 33.2. The van der Waals surface area contributed by atoms with Crippen molar-refractivity contribution in [3.05, 3.63) is 88.2 Å². The minimum atomic E-state index is -3.42. The quantitative estimate of drug-likeness (QED) is 0.227. The zero-order valence-corrected chi connectivity index (χ0v) is 31.4. The molecular formula is C40H48ClN3O6S. The summed E-state index contributed by atoms with van der Waals surface area (Å²) in [5.41, 5.74) is 3.59. The van der Waals surface area contributed by atoms with E-state index >= 15 is 0 Å². The lowest BCUT2D eigenvalue weighted by atomic mass is 9.68. The molecule has 1 aromatic heterocycles. The van der Waals surface area contributed by atoms with Gasteiger partial charge >= 0.3 is 0 Å². The van der Waals surface area contributed by atoms with E-state index in [-0.39, 0.29) is 23.2 Å². The highest BCUT2D eigenvalue weighted by Gasteiger charge is 2.44. The standard InChI is InChI=1S/C40H48ClN3O6S/c1-25-7-5-9-35(45)31-13-10-29(31)19-44-23-40(16-6-8-27-17-30(41)12-14-33(27)40)24-50-37-15-11-28(18-34(37)44)39(47)42-51(48,26(25)2)22-36(46)32-20-43(3)21-38(32)49-4/h5,9,11-12,14-15,17-18,20-21,25-26,29,31,35,45H,6-8,10,13,16,19,22-24H2,1-4H3/b9-5+/t25-,26+,29-,31+,35-,40-,51-/m0/s1. The summed E-state index contributed by atoms with van der Waals surface area (Å²) in [6.07, 6.45) is 11.9. The van der Waals surface area contributed by atoms with Gasteiger partial charge < -0.3 is 24.0 Å². The van der Waals surface area contributed by atoms with Crippen molar-refractivity contribution in [1.29, 1.82) is 0 Å². The molecule has 0 unspecified atom stereocenters. The Balaban J connectivity index is 1.32. The molecule has 1 fully saturated rings. The zero-order chi connectivity index (χ0) is 36.1. The van der Waals surface area contributed by atoms with Crippen LogP contribution in [0.25, 0.3) is 0 Å². The number of aryl methyl sites for hydroxylation is 2. The normalized spacial score (nSPS) is 31.3. The number of amides is 1. The molecular weight excluding hydrogens is 686 g/mol. The first kappa shape index (κ1) is 35.8. The molecule has 7 rings (SSSR count). The summed E-state index contributed by atoms with van der Waals surface area (Å²) in [6, 6.07) is 11.5. The van der Waals surface area contributed by atoms with Gasteiger partial charge in [-0.3, -0.25) is 9.59 Å². The molecule has 1 amide bonds. The van der Waals surface area contributed by atoms with Crippen LogP contribution in [0, 0.1) is 17.8 Å². The molecule has 2 aromatic carbocycles. The Labute approximate surface area is 306 Å². The second-order valence-corrected chi connectivity index (χ2v) is 18.2. The summed E-state index contributed by atoms with van der Waals surface area (Å²) in [4.78, 5) is 30.2. The van der Waals surface area contributed by atoms with Crippen LogP contribution in [0.15, 0.2) is 65.3 Å². The van der Waals surface area contributed by atoms with Crippen molar-refractivity contribution in [1.82, 2.24) is 4.57 Å². The molecule has 11 heteroatoms. The van der Waals surface area contributed by atoms with Crippen LogP contribution in [0.5, 0.6) is 11.5 Å². The molecule has 2 bridgehead atoms. The minimum absolute atomic E-state index is 0.102. The number of aliphatic hydroxyl groups is 1. The number of fused-ring (bicyclic) bond motifs is 4. The monoisotopic (exact) mass is 733 g/mol. The predicted octanol–water partition coefficient (Wildman–Crippen LogP) is 7.02. The van der Waals surface area contributed by atoms with Crippen molar-refractivity contribution >= 4 is 38.7 Å². The third-order valence-electron chi connectivity index (χ3n) is 11.9. The van der Waals surface area contributed by atoms with E-state index in [1.54, 1.807) is 37.0 Å². The highest BCUT2D eigenvalue weighted by atomic mass is 35.5. The number of allylic oxidation sites excluding steroid dienone is 1. The number of aromatic nitrogens is 1. The van der Waals surface area contributed by atoms with E-state index in [4.69, 9.17) is 21.1 Å². The van der Waals surface area contributed by atoms with Crippen molar-refractivity contribution < 1.29 is 28.4 Å². The smallest absolute Gasteiger partial charge is 0.285 e. The first-order valence-electron chi connectivity index (χ1n) is 18.1. The third kappa shape index (κ3) is 6.87. The number of carbonyl (C=O) groups excluding carboxylic acids is 2. The number of hydrogen-bond donors (Lipinski definition) is 1. The molecule has 0 radical (unpaired) electrons. The minimum Gasteiger partial charge on any atom is -0.494 e. The molecule has 4 aliphatic rings. The number of halogens is 1. The lowest BCUT2D eigenvalue weighted by Gasteiger charge is -2.45. The number of ketones is 1. The first-order valence-corrected chi connectivity index (χ1v) is 20.2. The number of rotatable bonds is 4. The van der Waals surface area contributed by atoms with Crippen LogP contribution in [0.3, 0.4) is 0 Å². The summed E-state index contributed by atoms with van der Waals surface area (Å²) in [7, 11) is -0.151. The van der Waals surface area contributed by atoms with Crippen molar-refractivity contribution in [2.24, 2.45) is 29.2 Å². The van der Waals surface area contributed by atoms with E-state index in [1.807, 2.05) is 37.3 Å². The SMILES string of the molecule is COc1cn(C)cc1C(=O)C[S@@]1(=O)=NC(=O)c2ccc3c(c2)N(C[C@@H]2CC[C@H]2[C@@H](O)/C=C/C[C@H](C)[C@H]1C)C[C@@]1(CCCc2cc(Cl)ccc21)CO3. The fourth-order valence-corrected chi connectivity index (χ4v) is 11.0. The van der Waals surface area contributed by atoms with Crippen LogP contribution in [0.4, 0.5) is 5.69 Å². The molecule has 272 valence electrons. The number of aliphatic hydroxyl groups excluding tert-OH is 1. The number of anilines is 1. The molecule has 7 atom stereocenters. The number of benzene rings is 2. The van der Waals surface area contributed by atoms with E-state index in [9.17, 15) is 18.9 Å². The molecule has 0 saturated heterocycles. The number of ether oxygens (including phenoxy) is 2. The second kappa shape index (κ2) is 14.1. The number of nitrogens with zero attached hydrogens (tertiary/aromatic N) is 3. The largest absolute Gasteiger partial charge is 0.494 e. The van der Waals surface area contributed by atoms with Gasteiger partial charge in [0.1, 0.15) is 11.5 Å². The molecule has 1 spiro atoms. The number of hydrogen-bond acceptors (Lipinski definition) is 7. The van der Waals surface area contributed by atoms with Crippen LogP contribution >= 0.6 is 11.6 Å². The van der Waals surface area contributed by atoms with Gasteiger partial charge in [0.05, 0.1) is 46.6 Å². The van der Waals surface area contributed by atoms with Crippen molar-refractivity contribution in [3.8, 4) is 11.5 Å². The van der Waals surface area contributed by atoms with Crippen LogP contribution < -0.4 is 14.4 Å². The Morgan fingerprint density at radius 1 is 1.18 bits per heavy atom. The van der Waals surface area contributed by atoms with Crippen LogP contribution in [-0.4, -0.2) is 69.5 Å². The van der Waals surface area contributed by atoms with Crippen LogP contribution in [-0.2, 0) is 28.6 Å². The highest BCUT2D eigenvalue weighted by Crippen LogP contribution is 2.47. The molecule has 3 aromatic rings. The number of methoxy groups -OCH3 is 1. The first-order chi connectivity index (χ1) is 24.4. The number of Topliss-reactive ketones (excluding diaryl/α,β-unsaturated/α-hetero) is 1. The highest BCUT2D eigenvalue weighted by molar-refractivity contribution is 7.95. The van der Waals surface area contributed by atoms with Crippen molar-refractivity contribution in [2.45, 2.75) is 69.1 Å². The van der Waals surface area contributed by atoms with E-state index in [0.717, 1.165) is 42.8 Å². The van der Waals surface area contributed by atoms with Gasteiger partial charge in [0, 0.05) is 53.8 Å². The Hall–Kier alpha value is -3.60. The van der Waals surface area contributed by atoms with Gasteiger partial charge in [0.15, 0.2) is 5.78 Å². The summed E-state index contributed by atoms with van der Waals surface area (Å²) in [5, 5.41) is 11.5. The zero-order valence-electron chi connectivity index (χ0n) is 29.8. The molecule has 1 N–H and O–H groups in total. The lowest BCUT2D eigenvalue weighted by molar-refractivity contribution is 0.0455. The van der Waals surface area contributed by atoms with Gasteiger partial charge in [-0.25, -0.2) is 4.21 Å². The molecule has 2 aliphatic heterocycles. The predicted molar refractivity (Wildman–Crippen MR) is 201 cm³/mol. The summed E-state index contributed by atoms with van der Waals surface area (Å²) >= 11 is 6.44. The molecule has 1 saturated carbocycles. The van der Waals surface area contributed by atoms with E-state index < -0.39 is 38.5 Å². The van der Waals surface area contributed by atoms with Crippen molar-refractivity contribution in [3.63, 3.8) is 0 Å². The van der Waals surface area contributed by atoms with Gasteiger partial charge in [-0.2, -0.15) is 4.36 Å². The maximum absolute atomic E-state index is 14.9. The maximum atomic E-state index is 14.9. The van der Waals surface area contributed by atoms with Crippen LogP contribution in [0.1, 0.15) is 77.8 Å². The van der Waals surface area contributed by atoms with E-state index in [0.29, 0.717) is 48.7 Å². The maximum Gasteiger partial charge on any atom is 0.285 e. The Morgan fingerprint density at radius 2 is 2.00 bits per heavy atom. The molecule has 9 nitrogen and oxygen atoms in total. The average molecular weight is 734 g/mol. The fourth-order valence-electron chi connectivity index (χ4n) is 8.57. The average Bonchev–Trinajstić information content (AvgIpc) is 3.41. The van der Waals surface area contributed by atoms with E-state index in [1.165, 1.54) is 18.2 Å². The van der Waals surface area contributed by atoms with Gasteiger partial charge in [-0.05, 0) is 105 Å². The summed E-state index contributed by atoms with van der Waals surface area (Å²) in [6.45, 7) is 5.61. The van der Waals surface area contributed by atoms with E-state index in [2.05, 4.69) is 21.4 Å². The van der Waals surface area contributed by atoms with Gasteiger partial charge in [-0.15, -0.1) is 0 Å². The topological polar surface area (TPSA) is 110 Å². The molecule has 51 heavy (non-hydrogen) atoms. The Kier molecular flexibility index (Phi) is 9.88. The second-order valence-electron chi connectivity index (χ2n) is 15.2. The molecule has 3 heterocycles. The third-order valence-corrected chi connectivity index (χ3v) is 14.9.